The summed E-state index contributed by atoms with van der Waals surface area (Å²) in [6.45, 7) is -0.873. The minimum Gasteiger partial charge on any atom is -0.295 e. The summed E-state index contributed by atoms with van der Waals surface area (Å²) >= 11 is 0.424. The van der Waals surface area contributed by atoms with Crippen molar-refractivity contribution in [3.63, 3.8) is 0 Å². The van der Waals surface area contributed by atoms with Crippen molar-refractivity contribution < 1.29 is 26.3 Å². The number of hydrogen-bond acceptors (Lipinski definition) is 4. The Morgan fingerprint density at radius 3 is 2.40 bits per heavy atom. The van der Waals surface area contributed by atoms with E-state index in [0.29, 0.717) is 12.3 Å². The monoisotopic (exact) mass is 178 g/mol. The van der Waals surface area contributed by atoms with Gasteiger partial charge in [0, 0.05) is 0 Å². The number of ether oxygens (including phenoxy) is 1. The molecule has 0 radical (unpaired) electrons. The van der Waals surface area contributed by atoms with E-state index < -0.39 is 13.2 Å². The molecule has 0 spiro atoms. The lowest BCUT2D eigenvalue weighted by atomic mass is 11.3. The molecule has 10 heavy (non-hydrogen) atoms. The molecule has 0 aliphatic carbocycles. The van der Waals surface area contributed by atoms with Crippen LogP contribution in [0.3, 0.4) is 0 Å². The summed E-state index contributed by atoms with van der Waals surface area (Å²) in [5.74, 6) is 0. The van der Waals surface area contributed by atoms with Crippen molar-refractivity contribution in [1.82, 2.24) is 0 Å². The predicted molar refractivity (Wildman–Crippen MR) is 27.7 cm³/mol. The van der Waals surface area contributed by atoms with Crippen LogP contribution in [0.5, 0.6) is 0 Å². The number of halogens is 3. The molecule has 0 heterocycles. The van der Waals surface area contributed by atoms with Gasteiger partial charge in [0.25, 0.3) is 0 Å². The standard InChI is InChI=1S/C3H5F3O3S/c1-7-10-9-2-8-3(4,5)6/h2H2,1H3. The second-order valence-electron chi connectivity index (χ2n) is 1.06. The van der Waals surface area contributed by atoms with Gasteiger partial charge in [-0.2, -0.15) is 0 Å². The Kier molecular flexibility index (Phi) is 4.79. The van der Waals surface area contributed by atoms with Crippen molar-refractivity contribution in [1.29, 1.82) is 0 Å². The number of rotatable bonds is 4. The summed E-state index contributed by atoms with van der Waals surface area (Å²) in [6.07, 6.45) is -4.64. The van der Waals surface area contributed by atoms with E-state index in [0.717, 1.165) is 0 Å². The fourth-order valence-corrected chi connectivity index (χ4v) is 0.342. The van der Waals surface area contributed by atoms with Crippen molar-refractivity contribution in [2.24, 2.45) is 0 Å². The highest BCUT2D eigenvalue weighted by Crippen LogP contribution is 2.16. The highest BCUT2D eigenvalue weighted by molar-refractivity contribution is 7.89. The van der Waals surface area contributed by atoms with Crippen LogP contribution in [-0.2, 0) is 13.1 Å². The highest BCUT2D eigenvalue weighted by Gasteiger charge is 2.29. The third-order valence-electron chi connectivity index (χ3n) is 0.387. The van der Waals surface area contributed by atoms with Gasteiger partial charge in [-0.15, -0.1) is 13.2 Å². The minimum atomic E-state index is -4.64. The topological polar surface area (TPSA) is 27.7 Å². The van der Waals surface area contributed by atoms with Crippen LogP contribution in [0, 0.1) is 0 Å². The molecule has 0 aliphatic heterocycles. The van der Waals surface area contributed by atoms with E-state index in [1.54, 1.807) is 0 Å². The lowest BCUT2D eigenvalue weighted by Gasteiger charge is -2.04. The first-order valence-corrected chi connectivity index (χ1v) is 2.76. The minimum absolute atomic E-state index is 0.424. The fourth-order valence-electron chi connectivity index (χ4n) is 0.159. The Labute approximate surface area is 59.8 Å². The van der Waals surface area contributed by atoms with Gasteiger partial charge in [0.05, 0.1) is 7.11 Å². The molecule has 0 aromatic rings. The fraction of sp³-hybridized carbons (Fsp3) is 1.00. The van der Waals surface area contributed by atoms with Gasteiger partial charge in [0.1, 0.15) is 0 Å². The normalized spacial score (nSPS) is 12.0. The molecule has 62 valence electrons. The first kappa shape index (κ1) is 10.0. The third kappa shape index (κ3) is 8.02. The smallest absolute Gasteiger partial charge is 0.295 e. The molecule has 0 aliphatic rings. The van der Waals surface area contributed by atoms with E-state index in [1.807, 2.05) is 0 Å². The molecule has 0 atom stereocenters. The lowest BCUT2D eigenvalue weighted by Crippen LogP contribution is -2.14. The van der Waals surface area contributed by atoms with E-state index in [9.17, 15) is 13.2 Å². The SMILES string of the molecule is COSOCOC(F)(F)F. The van der Waals surface area contributed by atoms with Crippen LogP contribution in [0.15, 0.2) is 0 Å². The maximum Gasteiger partial charge on any atom is 0.524 e. The van der Waals surface area contributed by atoms with E-state index in [4.69, 9.17) is 0 Å². The van der Waals surface area contributed by atoms with Crippen LogP contribution in [0.4, 0.5) is 13.2 Å². The maximum absolute atomic E-state index is 11.1. The van der Waals surface area contributed by atoms with Gasteiger partial charge in [-0.05, 0) is 0 Å². The maximum atomic E-state index is 11.1. The van der Waals surface area contributed by atoms with Crippen LogP contribution in [0.2, 0.25) is 0 Å². The predicted octanol–water partition coefficient (Wildman–Crippen LogP) is 1.71. The summed E-state index contributed by atoms with van der Waals surface area (Å²) in [7, 11) is 1.26. The van der Waals surface area contributed by atoms with Crippen molar-refractivity contribution in [3.8, 4) is 0 Å². The number of hydrogen-bond donors (Lipinski definition) is 0. The van der Waals surface area contributed by atoms with Crippen LogP contribution in [-0.4, -0.2) is 20.3 Å². The largest absolute Gasteiger partial charge is 0.524 e. The zero-order chi connectivity index (χ0) is 8.04. The van der Waals surface area contributed by atoms with Gasteiger partial charge in [-0.1, -0.05) is 0 Å². The van der Waals surface area contributed by atoms with Crippen molar-refractivity contribution >= 4 is 12.3 Å². The Balaban J connectivity index is 3.04. The van der Waals surface area contributed by atoms with Crippen LogP contribution in [0.25, 0.3) is 0 Å². The van der Waals surface area contributed by atoms with Crippen LogP contribution >= 0.6 is 12.3 Å². The molecule has 0 rings (SSSR count). The highest BCUT2D eigenvalue weighted by atomic mass is 32.2. The van der Waals surface area contributed by atoms with Gasteiger partial charge in [0.2, 0.25) is 0 Å². The average Bonchev–Trinajstić information content (AvgIpc) is 1.78. The first-order chi connectivity index (χ1) is 4.56. The lowest BCUT2D eigenvalue weighted by molar-refractivity contribution is -0.340. The molecule has 0 aromatic carbocycles. The molecule has 0 amide bonds. The van der Waals surface area contributed by atoms with E-state index in [-0.39, 0.29) is 0 Å². The van der Waals surface area contributed by atoms with E-state index in [1.165, 1.54) is 7.11 Å². The molecule has 0 saturated heterocycles. The van der Waals surface area contributed by atoms with Gasteiger partial charge >= 0.3 is 6.36 Å². The third-order valence-corrected chi connectivity index (χ3v) is 0.715. The van der Waals surface area contributed by atoms with Crippen LogP contribution < -0.4 is 0 Å². The van der Waals surface area contributed by atoms with E-state index in [2.05, 4.69) is 13.1 Å². The summed E-state index contributed by atoms with van der Waals surface area (Å²) in [6, 6.07) is 0. The molecule has 0 bridgehead atoms. The molecule has 7 heteroatoms. The second kappa shape index (κ2) is 4.78. The van der Waals surface area contributed by atoms with Crippen molar-refractivity contribution in [3.05, 3.63) is 0 Å². The van der Waals surface area contributed by atoms with Crippen LogP contribution in [0.1, 0.15) is 0 Å². The molecular weight excluding hydrogens is 173 g/mol. The molecule has 0 saturated carbocycles. The van der Waals surface area contributed by atoms with E-state index >= 15 is 0 Å². The summed E-state index contributed by atoms with van der Waals surface area (Å²) in [4.78, 5) is 0. The zero-order valence-corrected chi connectivity index (χ0v) is 5.79. The van der Waals surface area contributed by atoms with Gasteiger partial charge in [-0.25, -0.2) is 0 Å². The molecule has 3 nitrogen and oxygen atoms in total. The average molecular weight is 178 g/mol. The molecule has 0 N–H and O–H groups in total. The first-order valence-electron chi connectivity index (χ1n) is 2.09. The summed E-state index contributed by atoms with van der Waals surface area (Å²) in [5, 5.41) is 0. The van der Waals surface area contributed by atoms with Gasteiger partial charge in [0.15, 0.2) is 19.1 Å². The van der Waals surface area contributed by atoms with Gasteiger partial charge in [-0.3, -0.25) is 13.1 Å². The second-order valence-corrected chi connectivity index (χ2v) is 1.77. The Hall–Kier alpha value is 0.0200. The quantitative estimate of drug-likeness (QED) is 0.372. The molecule has 0 fully saturated rings. The molecule has 0 unspecified atom stereocenters. The summed E-state index contributed by atoms with van der Waals surface area (Å²) < 4.78 is 44.9. The molecule has 0 aromatic heterocycles. The Bertz CT molecular complexity index is 85.6. The summed E-state index contributed by atoms with van der Waals surface area (Å²) in [5.41, 5.74) is 0. The van der Waals surface area contributed by atoms with Crippen molar-refractivity contribution in [2.45, 2.75) is 6.36 Å². The Morgan fingerprint density at radius 1 is 1.40 bits per heavy atom. The Morgan fingerprint density at radius 2 is 2.00 bits per heavy atom. The zero-order valence-electron chi connectivity index (χ0n) is 4.97. The van der Waals surface area contributed by atoms with Gasteiger partial charge < -0.3 is 0 Å². The molecular formula is C3H5F3O3S. The number of alkyl halides is 3. The van der Waals surface area contributed by atoms with Crippen molar-refractivity contribution in [2.75, 3.05) is 13.9 Å².